The van der Waals surface area contributed by atoms with Crippen molar-refractivity contribution in [1.29, 1.82) is 0 Å². The molecule has 0 amide bonds. The van der Waals surface area contributed by atoms with Gasteiger partial charge in [0.2, 0.25) is 0 Å². The Balaban J connectivity index is 2.57. The summed E-state index contributed by atoms with van der Waals surface area (Å²) in [6.45, 7) is 0. The van der Waals surface area contributed by atoms with Gasteiger partial charge in [-0.2, -0.15) is 13.2 Å². The van der Waals surface area contributed by atoms with E-state index >= 15 is 0 Å². The second-order valence-electron chi connectivity index (χ2n) is 3.59. The molecular formula is C11H7F3N2O2. The molecule has 4 nitrogen and oxygen atoms in total. The Morgan fingerprint density at radius 1 is 1.28 bits per heavy atom. The highest BCUT2D eigenvalue weighted by Gasteiger charge is 2.32. The van der Waals surface area contributed by atoms with Crippen molar-refractivity contribution in [2.24, 2.45) is 0 Å². The van der Waals surface area contributed by atoms with Crippen molar-refractivity contribution in [3.63, 3.8) is 0 Å². The molecule has 0 spiro atoms. The molecule has 0 atom stereocenters. The number of hydrogen-bond donors (Lipinski definition) is 1. The minimum Gasteiger partial charge on any atom is -0.481 e. The molecular weight excluding hydrogens is 249 g/mol. The molecule has 2 aromatic rings. The first kappa shape index (κ1) is 12.3. The molecule has 2 heterocycles. The van der Waals surface area contributed by atoms with Crippen LogP contribution in [0.1, 0.15) is 11.4 Å². The number of pyridine rings is 2. The highest BCUT2D eigenvalue weighted by molar-refractivity contribution is 5.84. The summed E-state index contributed by atoms with van der Waals surface area (Å²) in [5.41, 5.74) is -0.736. The van der Waals surface area contributed by atoms with E-state index in [1.54, 1.807) is 0 Å². The lowest BCUT2D eigenvalue weighted by atomic mass is 10.1. The van der Waals surface area contributed by atoms with E-state index in [2.05, 4.69) is 9.97 Å². The van der Waals surface area contributed by atoms with Crippen molar-refractivity contribution in [3.8, 4) is 0 Å². The third-order valence-electron chi connectivity index (χ3n) is 2.31. The van der Waals surface area contributed by atoms with Crippen LogP contribution in [0.3, 0.4) is 0 Å². The molecule has 0 aromatic carbocycles. The van der Waals surface area contributed by atoms with E-state index in [4.69, 9.17) is 5.11 Å². The Morgan fingerprint density at radius 3 is 2.61 bits per heavy atom. The Morgan fingerprint density at radius 2 is 2.00 bits per heavy atom. The minimum absolute atomic E-state index is 0.0797. The minimum atomic E-state index is -4.52. The van der Waals surface area contributed by atoms with Gasteiger partial charge in [0, 0.05) is 11.6 Å². The largest absolute Gasteiger partial charge is 0.481 e. The highest BCUT2D eigenvalue weighted by Crippen LogP contribution is 2.29. The maximum absolute atomic E-state index is 12.5. The maximum atomic E-state index is 12.5. The van der Waals surface area contributed by atoms with E-state index in [-0.39, 0.29) is 17.6 Å². The van der Waals surface area contributed by atoms with E-state index < -0.39 is 17.8 Å². The summed E-state index contributed by atoms with van der Waals surface area (Å²) in [6, 6.07) is 3.32. The van der Waals surface area contributed by atoms with Gasteiger partial charge in [-0.15, -0.1) is 0 Å². The molecule has 7 heteroatoms. The van der Waals surface area contributed by atoms with Crippen molar-refractivity contribution in [1.82, 2.24) is 9.97 Å². The number of aliphatic carboxylic acids is 1. The summed E-state index contributed by atoms with van der Waals surface area (Å²) < 4.78 is 37.4. The van der Waals surface area contributed by atoms with Crippen molar-refractivity contribution < 1.29 is 23.1 Å². The first-order valence-corrected chi connectivity index (χ1v) is 4.91. The molecule has 0 aliphatic carbocycles. The van der Waals surface area contributed by atoms with Gasteiger partial charge in [0.15, 0.2) is 0 Å². The fraction of sp³-hybridized carbons (Fsp3) is 0.182. The number of halogens is 3. The lowest BCUT2D eigenvalue weighted by Gasteiger charge is -2.08. The Kier molecular flexibility index (Phi) is 2.90. The van der Waals surface area contributed by atoms with Crippen LogP contribution in [0.5, 0.6) is 0 Å². The molecule has 2 aromatic heterocycles. The number of carbonyl (C=O) groups is 1. The van der Waals surface area contributed by atoms with Gasteiger partial charge in [0.25, 0.3) is 0 Å². The molecule has 0 bridgehead atoms. The number of rotatable bonds is 2. The summed E-state index contributed by atoms with van der Waals surface area (Å²) >= 11 is 0. The van der Waals surface area contributed by atoms with E-state index in [1.165, 1.54) is 18.3 Å². The van der Waals surface area contributed by atoms with Crippen LogP contribution in [0, 0.1) is 0 Å². The van der Waals surface area contributed by atoms with E-state index in [9.17, 15) is 18.0 Å². The molecule has 0 aliphatic heterocycles. The quantitative estimate of drug-likeness (QED) is 0.895. The third kappa shape index (κ3) is 2.39. The standard InChI is InChI=1S/C11H7F3N2O2/c12-11(13,14)9-2-1-6-7(16-9)3-4-15-8(6)5-10(17)18/h1-4H,5H2,(H,17,18). The van der Waals surface area contributed by atoms with Gasteiger partial charge in [-0.3, -0.25) is 9.78 Å². The summed E-state index contributed by atoms with van der Waals surface area (Å²) in [4.78, 5) is 17.9. The van der Waals surface area contributed by atoms with Crippen LogP contribution in [-0.2, 0) is 17.4 Å². The summed E-state index contributed by atoms with van der Waals surface area (Å²) in [5.74, 6) is -1.10. The van der Waals surface area contributed by atoms with Crippen LogP contribution in [0.2, 0.25) is 0 Å². The van der Waals surface area contributed by atoms with E-state index in [1.807, 2.05) is 0 Å². The number of aromatic nitrogens is 2. The number of carboxylic acid groups (broad SMARTS) is 1. The zero-order chi connectivity index (χ0) is 13.3. The first-order chi connectivity index (χ1) is 8.38. The number of carboxylic acids is 1. The summed E-state index contributed by atoms with van der Waals surface area (Å²) in [7, 11) is 0. The molecule has 2 rings (SSSR count). The van der Waals surface area contributed by atoms with Crippen molar-refractivity contribution in [3.05, 3.63) is 35.8 Å². The number of nitrogens with zero attached hydrogens (tertiary/aromatic N) is 2. The molecule has 1 N–H and O–H groups in total. The van der Waals surface area contributed by atoms with Gasteiger partial charge < -0.3 is 5.11 Å². The van der Waals surface area contributed by atoms with Gasteiger partial charge in [-0.05, 0) is 18.2 Å². The summed E-state index contributed by atoms with van der Waals surface area (Å²) in [5, 5.41) is 8.98. The van der Waals surface area contributed by atoms with Crippen LogP contribution in [0.4, 0.5) is 13.2 Å². The van der Waals surface area contributed by atoms with Gasteiger partial charge in [0.1, 0.15) is 5.69 Å². The van der Waals surface area contributed by atoms with Crippen LogP contribution < -0.4 is 0 Å². The highest BCUT2D eigenvalue weighted by atomic mass is 19.4. The number of alkyl halides is 3. The molecule has 18 heavy (non-hydrogen) atoms. The van der Waals surface area contributed by atoms with Gasteiger partial charge in [-0.1, -0.05) is 0 Å². The predicted molar refractivity (Wildman–Crippen MR) is 55.9 cm³/mol. The van der Waals surface area contributed by atoms with Crippen molar-refractivity contribution in [2.45, 2.75) is 12.6 Å². The third-order valence-corrected chi connectivity index (χ3v) is 2.31. The van der Waals surface area contributed by atoms with Crippen molar-refractivity contribution >= 4 is 16.9 Å². The predicted octanol–water partition coefficient (Wildman–Crippen LogP) is 2.28. The maximum Gasteiger partial charge on any atom is 0.433 e. The number of fused-ring (bicyclic) bond motifs is 1. The Labute approximate surface area is 99.1 Å². The molecule has 0 aliphatic rings. The smallest absolute Gasteiger partial charge is 0.433 e. The number of hydrogen-bond acceptors (Lipinski definition) is 3. The Bertz CT molecular complexity index is 611. The fourth-order valence-corrected chi connectivity index (χ4v) is 1.56. The second-order valence-corrected chi connectivity index (χ2v) is 3.59. The normalized spacial score (nSPS) is 11.7. The zero-order valence-corrected chi connectivity index (χ0v) is 8.90. The molecule has 94 valence electrons. The topological polar surface area (TPSA) is 63.1 Å². The average Bonchev–Trinajstić information content (AvgIpc) is 2.27. The monoisotopic (exact) mass is 256 g/mol. The van der Waals surface area contributed by atoms with Crippen LogP contribution >= 0.6 is 0 Å². The molecule has 0 saturated carbocycles. The molecule has 0 radical (unpaired) electrons. The van der Waals surface area contributed by atoms with E-state index in [0.29, 0.717) is 5.39 Å². The van der Waals surface area contributed by atoms with Crippen LogP contribution in [-0.4, -0.2) is 21.0 Å². The lowest BCUT2D eigenvalue weighted by molar-refractivity contribution is -0.141. The Hall–Kier alpha value is -2.18. The lowest BCUT2D eigenvalue weighted by Crippen LogP contribution is -2.09. The van der Waals surface area contributed by atoms with Crippen LogP contribution in [0.25, 0.3) is 10.9 Å². The van der Waals surface area contributed by atoms with Gasteiger partial charge in [-0.25, -0.2) is 4.98 Å². The van der Waals surface area contributed by atoms with Crippen LogP contribution in [0.15, 0.2) is 24.4 Å². The molecule has 0 fully saturated rings. The first-order valence-electron chi connectivity index (χ1n) is 4.91. The van der Waals surface area contributed by atoms with Crippen molar-refractivity contribution in [2.75, 3.05) is 0 Å². The zero-order valence-electron chi connectivity index (χ0n) is 8.90. The fourth-order valence-electron chi connectivity index (χ4n) is 1.56. The second kappa shape index (κ2) is 4.25. The van der Waals surface area contributed by atoms with Gasteiger partial charge >= 0.3 is 12.1 Å². The van der Waals surface area contributed by atoms with E-state index in [0.717, 1.165) is 6.07 Å². The molecule has 0 unspecified atom stereocenters. The SMILES string of the molecule is O=C(O)Cc1nccc2nc(C(F)(F)F)ccc12. The van der Waals surface area contributed by atoms with Gasteiger partial charge in [0.05, 0.1) is 17.6 Å². The average molecular weight is 256 g/mol. The molecule has 0 saturated heterocycles. The summed E-state index contributed by atoms with van der Waals surface area (Å²) in [6.07, 6.45) is -3.64.